The molecule has 0 radical (unpaired) electrons. The van der Waals surface area contributed by atoms with Crippen LogP contribution in [0.3, 0.4) is 0 Å². The minimum Gasteiger partial charge on any atom is -0.392 e. The summed E-state index contributed by atoms with van der Waals surface area (Å²) in [5.41, 5.74) is 2.00. The van der Waals surface area contributed by atoms with Crippen LogP contribution in [0.15, 0.2) is 30.3 Å². The molecule has 0 bridgehead atoms. The molecule has 0 spiro atoms. The molecule has 3 rings (SSSR count). The van der Waals surface area contributed by atoms with Gasteiger partial charge >= 0.3 is 0 Å². The van der Waals surface area contributed by atoms with Crippen LogP contribution >= 0.6 is 11.3 Å². The summed E-state index contributed by atoms with van der Waals surface area (Å²) in [6.45, 7) is 5.74. The number of thiazole rings is 1. The smallest absolute Gasteiger partial charge is 0.263 e. The molecule has 2 heterocycles. The number of carbonyl (C=O) groups excluding carboxylic acids is 1. The normalized spacial score (nSPS) is 21.1. The Labute approximate surface area is 146 Å². The number of aliphatic hydroxyl groups is 1. The lowest BCUT2D eigenvalue weighted by Gasteiger charge is -2.24. The van der Waals surface area contributed by atoms with Crippen molar-refractivity contribution in [3.05, 3.63) is 51.5 Å². The van der Waals surface area contributed by atoms with Gasteiger partial charge < -0.3 is 10.4 Å². The van der Waals surface area contributed by atoms with Crippen LogP contribution in [0.1, 0.15) is 32.4 Å². The van der Waals surface area contributed by atoms with E-state index in [0.717, 1.165) is 17.2 Å². The van der Waals surface area contributed by atoms with Gasteiger partial charge in [0, 0.05) is 25.7 Å². The second kappa shape index (κ2) is 7.42. The minimum atomic E-state index is -0.331. The van der Waals surface area contributed by atoms with Crippen LogP contribution in [0.25, 0.3) is 0 Å². The molecule has 0 unspecified atom stereocenters. The van der Waals surface area contributed by atoms with Gasteiger partial charge in [-0.1, -0.05) is 30.3 Å². The summed E-state index contributed by atoms with van der Waals surface area (Å²) >= 11 is 1.42. The zero-order valence-electron chi connectivity index (χ0n) is 14.0. The number of aromatic nitrogens is 1. The van der Waals surface area contributed by atoms with Crippen LogP contribution in [0.5, 0.6) is 0 Å². The lowest BCUT2D eigenvalue weighted by atomic mass is 10.1. The third-order valence-electron chi connectivity index (χ3n) is 4.34. The fourth-order valence-electron chi connectivity index (χ4n) is 3.21. The second-order valence-electron chi connectivity index (χ2n) is 6.32. The summed E-state index contributed by atoms with van der Waals surface area (Å²) in [5.74, 6) is -0.0702. The molecule has 1 aliphatic heterocycles. The summed E-state index contributed by atoms with van der Waals surface area (Å²) in [4.78, 5) is 19.6. The summed E-state index contributed by atoms with van der Waals surface area (Å²) in [6, 6.07) is 10.4. The third kappa shape index (κ3) is 4.01. The van der Waals surface area contributed by atoms with Crippen molar-refractivity contribution >= 4 is 17.2 Å². The highest BCUT2D eigenvalue weighted by atomic mass is 32.1. The maximum absolute atomic E-state index is 12.4. The van der Waals surface area contributed by atoms with E-state index in [2.05, 4.69) is 27.3 Å². The van der Waals surface area contributed by atoms with Crippen LogP contribution in [0.4, 0.5) is 0 Å². The molecule has 1 aromatic carbocycles. The number of aliphatic hydroxyl groups excluding tert-OH is 1. The minimum absolute atomic E-state index is 0.0702. The van der Waals surface area contributed by atoms with Gasteiger partial charge in [0.25, 0.3) is 5.91 Å². The van der Waals surface area contributed by atoms with Gasteiger partial charge in [0.05, 0.1) is 16.8 Å². The quantitative estimate of drug-likeness (QED) is 0.871. The lowest BCUT2D eigenvalue weighted by Crippen LogP contribution is -2.39. The van der Waals surface area contributed by atoms with Crippen molar-refractivity contribution < 1.29 is 9.90 Å². The summed E-state index contributed by atoms with van der Waals surface area (Å²) < 4.78 is 0. The van der Waals surface area contributed by atoms with E-state index in [1.807, 2.05) is 32.0 Å². The zero-order chi connectivity index (χ0) is 17.1. The van der Waals surface area contributed by atoms with E-state index in [9.17, 15) is 9.90 Å². The average Bonchev–Trinajstić information content (AvgIpc) is 3.07. The van der Waals surface area contributed by atoms with Crippen LogP contribution in [-0.4, -0.2) is 46.1 Å². The number of β-amino-alcohol motifs (C(OH)–C–C–N with tert-alkyl or cyclic N) is 1. The Balaban J connectivity index is 1.60. The Hall–Kier alpha value is -1.76. The molecule has 6 heteroatoms. The van der Waals surface area contributed by atoms with Crippen molar-refractivity contribution in [1.82, 2.24) is 15.2 Å². The summed E-state index contributed by atoms with van der Waals surface area (Å²) in [5, 5.41) is 13.9. The van der Waals surface area contributed by atoms with Crippen LogP contribution < -0.4 is 5.32 Å². The van der Waals surface area contributed by atoms with E-state index in [1.54, 1.807) is 0 Å². The SMILES string of the molecule is Cc1nc(C)c(C(=O)NC[C@H]2C[C@H](O)CN2Cc2ccccc2)s1. The number of benzene rings is 1. The molecule has 1 aromatic heterocycles. The molecule has 128 valence electrons. The van der Waals surface area contributed by atoms with Gasteiger partial charge in [0.2, 0.25) is 0 Å². The Bertz CT molecular complexity index is 702. The van der Waals surface area contributed by atoms with Gasteiger partial charge in [-0.25, -0.2) is 4.98 Å². The highest BCUT2D eigenvalue weighted by molar-refractivity contribution is 7.13. The number of hydrogen-bond donors (Lipinski definition) is 2. The number of amides is 1. The van der Waals surface area contributed by atoms with Gasteiger partial charge in [-0.05, 0) is 25.8 Å². The molecule has 2 N–H and O–H groups in total. The van der Waals surface area contributed by atoms with Gasteiger partial charge in [0.1, 0.15) is 4.88 Å². The monoisotopic (exact) mass is 345 g/mol. The fourth-order valence-corrected chi connectivity index (χ4v) is 4.05. The van der Waals surface area contributed by atoms with Crippen LogP contribution in [-0.2, 0) is 6.54 Å². The molecule has 1 aliphatic rings. The molecule has 1 amide bonds. The van der Waals surface area contributed by atoms with Crippen LogP contribution in [0.2, 0.25) is 0 Å². The Morgan fingerprint density at radius 1 is 1.38 bits per heavy atom. The first-order valence-corrected chi connectivity index (χ1v) is 9.03. The van der Waals surface area contributed by atoms with Crippen molar-refractivity contribution in [2.45, 2.75) is 39.0 Å². The highest BCUT2D eigenvalue weighted by Gasteiger charge is 2.31. The van der Waals surface area contributed by atoms with Crippen molar-refractivity contribution in [2.75, 3.05) is 13.1 Å². The standard InChI is InChI=1S/C18H23N3O2S/c1-12-17(24-13(2)20-12)18(23)19-9-15-8-16(22)11-21(15)10-14-6-4-3-5-7-14/h3-7,15-16,22H,8-11H2,1-2H3,(H,19,23)/t15-,16+/m1/s1. The molecule has 1 fully saturated rings. The van der Waals surface area contributed by atoms with Crippen molar-refractivity contribution in [3.8, 4) is 0 Å². The maximum atomic E-state index is 12.4. The Kier molecular flexibility index (Phi) is 5.28. The van der Waals surface area contributed by atoms with E-state index in [4.69, 9.17) is 0 Å². The molecule has 2 aromatic rings. The predicted octanol–water partition coefficient (Wildman–Crippen LogP) is 2.13. The average molecular weight is 345 g/mol. The number of hydrogen-bond acceptors (Lipinski definition) is 5. The van der Waals surface area contributed by atoms with Crippen LogP contribution in [0, 0.1) is 13.8 Å². The molecular formula is C18H23N3O2S. The van der Waals surface area contributed by atoms with E-state index in [0.29, 0.717) is 24.4 Å². The fraction of sp³-hybridized carbons (Fsp3) is 0.444. The van der Waals surface area contributed by atoms with Gasteiger partial charge in [-0.15, -0.1) is 11.3 Å². The maximum Gasteiger partial charge on any atom is 0.263 e. The molecule has 24 heavy (non-hydrogen) atoms. The number of nitrogens with zero attached hydrogens (tertiary/aromatic N) is 2. The largest absolute Gasteiger partial charge is 0.392 e. The molecule has 5 nitrogen and oxygen atoms in total. The van der Waals surface area contributed by atoms with Gasteiger partial charge in [-0.2, -0.15) is 0 Å². The van der Waals surface area contributed by atoms with E-state index in [-0.39, 0.29) is 18.1 Å². The third-order valence-corrected chi connectivity index (χ3v) is 5.41. The predicted molar refractivity (Wildman–Crippen MR) is 95.2 cm³/mol. The first-order valence-electron chi connectivity index (χ1n) is 8.21. The van der Waals surface area contributed by atoms with E-state index in [1.165, 1.54) is 16.9 Å². The topological polar surface area (TPSA) is 65.5 Å². The first-order chi connectivity index (χ1) is 11.5. The molecule has 0 saturated carbocycles. The molecule has 1 saturated heterocycles. The number of aryl methyl sites for hydroxylation is 2. The zero-order valence-corrected chi connectivity index (χ0v) is 14.8. The number of rotatable bonds is 5. The van der Waals surface area contributed by atoms with E-state index >= 15 is 0 Å². The highest BCUT2D eigenvalue weighted by Crippen LogP contribution is 2.21. The Morgan fingerprint density at radius 3 is 2.79 bits per heavy atom. The summed E-state index contributed by atoms with van der Waals surface area (Å²) in [6.07, 6.45) is 0.358. The van der Waals surface area contributed by atoms with Crippen molar-refractivity contribution in [2.24, 2.45) is 0 Å². The van der Waals surface area contributed by atoms with Gasteiger partial charge in [-0.3, -0.25) is 9.69 Å². The molecule has 2 atom stereocenters. The molecular weight excluding hydrogens is 322 g/mol. The van der Waals surface area contributed by atoms with Gasteiger partial charge in [0.15, 0.2) is 0 Å². The second-order valence-corrected chi connectivity index (χ2v) is 7.52. The molecule has 0 aliphatic carbocycles. The number of carbonyl (C=O) groups is 1. The number of nitrogens with one attached hydrogen (secondary N) is 1. The van der Waals surface area contributed by atoms with Crippen molar-refractivity contribution in [1.29, 1.82) is 0 Å². The number of likely N-dealkylation sites (tertiary alicyclic amines) is 1. The first kappa shape index (κ1) is 17.1. The van der Waals surface area contributed by atoms with E-state index < -0.39 is 0 Å². The summed E-state index contributed by atoms with van der Waals surface area (Å²) in [7, 11) is 0. The lowest BCUT2D eigenvalue weighted by molar-refractivity contribution is 0.0943. The van der Waals surface area contributed by atoms with Crippen molar-refractivity contribution in [3.63, 3.8) is 0 Å². The Morgan fingerprint density at radius 2 is 2.12 bits per heavy atom.